The second-order valence-electron chi connectivity index (χ2n) is 2.63. The van der Waals surface area contributed by atoms with E-state index < -0.39 is 0 Å². The van der Waals surface area contributed by atoms with Crippen LogP contribution >= 0.6 is 0 Å². The molecule has 0 bridgehead atoms. The Morgan fingerprint density at radius 1 is 1.22 bits per heavy atom. The van der Waals surface area contributed by atoms with Gasteiger partial charge in [0, 0.05) is 5.92 Å². The standard InChI is InChI=1S/C7H14O2/c1-6-5-8-3-4-9-7(6)2/h6-7H,3-5H2,1-2H3. The molecular weight excluding hydrogens is 116 g/mol. The predicted molar refractivity (Wildman–Crippen MR) is 35.4 cm³/mol. The van der Waals surface area contributed by atoms with Crippen molar-refractivity contribution in [2.45, 2.75) is 20.0 Å². The van der Waals surface area contributed by atoms with Crippen molar-refractivity contribution in [3.8, 4) is 0 Å². The SMILES string of the molecule is CC1COCCOC1C. The lowest BCUT2D eigenvalue weighted by Gasteiger charge is -2.14. The minimum atomic E-state index is 0.368. The van der Waals surface area contributed by atoms with E-state index in [9.17, 15) is 0 Å². The third kappa shape index (κ3) is 1.95. The van der Waals surface area contributed by atoms with Gasteiger partial charge in [0.2, 0.25) is 0 Å². The van der Waals surface area contributed by atoms with Crippen LogP contribution < -0.4 is 0 Å². The van der Waals surface area contributed by atoms with Crippen molar-refractivity contribution in [2.75, 3.05) is 19.8 Å². The van der Waals surface area contributed by atoms with Crippen LogP contribution in [0.3, 0.4) is 0 Å². The summed E-state index contributed by atoms with van der Waals surface area (Å²) in [6, 6.07) is 0. The summed E-state index contributed by atoms with van der Waals surface area (Å²) >= 11 is 0. The first kappa shape index (κ1) is 7.03. The normalized spacial score (nSPS) is 38.0. The van der Waals surface area contributed by atoms with Crippen LogP contribution in [0.2, 0.25) is 0 Å². The highest BCUT2D eigenvalue weighted by Gasteiger charge is 2.15. The van der Waals surface area contributed by atoms with Gasteiger partial charge in [-0.05, 0) is 6.92 Å². The Morgan fingerprint density at radius 3 is 2.78 bits per heavy atom. The molecule has 0 radical (unpaired) electrons. The smallest absolute Gasteiger partial charge is 0.0704 e. The second-order valence-corrected chi connectivity index (χ2v) is 2.63. The molecule has 2 atom stereocenters. The summed E-state index contributed by atoms with van der Waals surface area (Å²) in [4.78, 5) is 0. The lowest BCUT2D eigenvalue weighted by atomic mass is 10.1. The van der Waals surface area contributed by atoms with Crippen molar-refractivity contribution in [3.05, 3.63) is 0 Å². The predicted octanol–water partition coefficient (Wildman–Crippen LogP) is 1.06. The molecule has 1 aliphatic heterocycles. The molecule has 1 saturated heterocycles. The minimum absolute atomic E-state index is 0.368. The van der Waals surface area contributed by atoms with Crippen molar-refractivity contribution < 1.29 is 9.47 Å². The van der Waals surface area contributed by atoms with Gasteiger partial charge in [-0.1, -0.05) is 6.92 Å². The van der Waals surface area contributed by atoms with Crippen molar-refractivity contribution in [2.24, 2.45) is 5.92 Å². The maximum Gasteiger partial charge on any atom is 0.0704 e. The Morgan fingerprint density at radius 2 is 2.00 bits per heavy atom. The zero-order valence-electron chi connectivity index (χ0n) is 6.09. The summed E-state index contributed by atoms with van der Waals surface area (Å²) in [7, 11) is 0. The van der Waals surface area contributed by atoms with Crippen LogP contribution in [0.1, 0.15) is 13.8 Å². The number of hydrogen-bond acceptors (Lipinski definition) is 2. The Bertz CT molecular complexity index is 73.0. The third-order valence-electron chi connectivity index (χ3n) is 1.79. The first-order valence-electron chi connectivity index (χ1n) is 3.50. The van der Waals surface area contributed by atoms with Crippen LogP contribution in [0, 0.1) is 5.92 Å². The van der Waals surface area contributed by atoms with Gasteiger partial charge in [-0.2, -0.15) is 0 Å². The van der Waals surface area contributed by atoms with E-state index in [0.29, 0.717) is 12.0 Å². The van der Waals surface area contributed by atoms with E-state index in [1.807, 2.05) is 0 Å². The maximum atomic E-state index is 5.39. The molecule has 54 valence electrons. The molecule has 0 saturated carbocycles. The molecule has 2 nitrogen and oxygen atoms in total. The van der Waals surface area contributed by atoms with Gasteiger partial charge in [0.25, 0.3) is 0 Å². The van der Waals surface area contributed by atoms with Crippen molar-refractivity contribution in [1.29, 1.82) is 0 Å². The fraction of sp³-hybridized carbons (Fsp3) is 1.00. The summed E-state index contributed by atoms with van der Waals surface area (Å²) in [5.74, 6) is 0.549. The molecule has 0 N–H and O–H groups in total. The van der Waals surface area contributed by atoms with Gasteiger partial charge in [0.1, 0.15) is 0 Å². The topological polar surface area (TPSA) is 18.5 Å². The molecule has 1 aliphatic rings. The molecule has 2 heteroatoms. The molecule has 0 aromatic rings. The number of rotatable bonds is 0. The Balaban J connectivity index is 2.32. The van der Waals surface area contributed by atoms with Crippen LogP contribution in [0.4, 0.5) is 0 Å². The van der Waals surface area contributed by atoms with Crippen LogP contribution in [-0.2, 0) is 9.47 Å². The van der Waals surface area contributed by atoms with Gasteiger partial charge in [0.15, 0.2) is 0 Å². The molecular formula is C7H14O2. The average Bonchev–Trinajstić information content (AvgIpc) is 1.99. The highest BCUT2D eigenvalue weighted by molar-refractivity contribution is 4.62. The van der Waals surface area contributed by atoms with Crippen LogP contribution in [0.15, 0.2) is 0 Å². The maximum absolute atomic E-state index is 5.39. The Hall–Kier alpha value is -0.0800. The number of hydrogen-bond donors (Lipinski definition) is 0. The molecule has 0 spiro atoms. The van der Waals surface area contributed by atoms with Crippen LogP contribution in [0.5, 0.6) is 0 Å². The van der Waals surface area contributed by atoms with E-state index >= 15 is 0 Å². The van der Waals surface area contributed by atoms with Crippen molar-refractivity contribution in [1.82, 2.24) is 0 Å². The zero-order valence-corrected chi connectivity index (χ0v) is 6.09. The van der Waals surface area contributed by atoms with Crippen LogP contribution in [-0.4, -0.2) is 25.9 Å². The Labute approximate surface area is 56.2 Å². The second kappa shape index (κ2) is 3.18. The van der Waals surface area contributed by atoms with E-state index in [1.165, 1.54) is 0 Å². The first-order valence-corrected chi connectivity index (χ1v) is 3.50. The van der Waals surface area contributed by atoms with Crippen molar-refractivity contribution >= 4 is 0 Å². The summed E-state index contributed by atoms with van der Waals surface area (Å²) in [6.45, 7) is 6.61. The van der Waals surface area contributed by atoms with Gasteiger partial charge in [-0.25, -0.2) is 0 Å². The van der Waals surface area contributed by atoms with E-state index in [0.717, 1.165) is 19.8 Å². The summed E-state index contributed by atoms with van der Waals surface area (Å²) < 4.78 is 10.6. The fourth-order valence-corrected chi connectivity index (χ4v) is 0.862. The van der Waals surface area contributed by atoms with E-state index in [4.69, 9.17) is 9.47 Å². The van der Waals surface area contributed by atoms with Crippen LogP contribution in [0.25, 0.3) is 0 Å². The molecule has 0 aliphatic carbocycles. The molecule has 1 fully saturated rings. The molecule has 9 heavy (non-hydrogen) atoms. The summed E-state index contributed by atoms with van der Waals surface area (Å²) in [6.07, 6.45) is 0.368. The van der Waals surface area contributed by atoms with Gasteiger partial charge in [-0.3, -0.25) is 0 Å². The highest BCUT2D eigenvalue weighted by atomic mass is 16.5. The van der Waals surface area contributed by atoms with Gasteiger partial charge in [-0.15, -0.1) is 0 Å². The van der Waals surface area contributed by atoms with E-state index in [-0.39, 0.29) is 0 Å². The fourth-order valence-electron chi connectivity index (χ4n) is 0.862. The molecule has 0 aromatic carbocycles. The lowest BCUT2D eigenvalue weighted by Crippen LogP contribution is -2.18. The third-order valence-corrected chi connectivity index (χ3v) is 1.79. The first-order chi connectivity index (χ1) is 4.30. The quantitative estimate of drug-likeness (QED) is 0.488. The summed E-state index contributed by atoms with van der Waals surface area (Å²) in [5.41, 5.74) is 0. The largest absolute Gasteiger partial charge is 0.379 e. The molecule has 0 aromatic heterocycles. The molecule has 0 amide bonds. The average molecular weight is 130 g/mol. The summed E-state index contributed by atoms with van der Waals surface area (Å²) in [5, 5.41) is 0. The molecule has 1 rings (SSSR count). The van der Waals surface area contributed by atoms with E-state index in [1.54, 1.807) is 0 Å². The van der Waals surface area contributed by atoms with Gasteiger partial charge >= 0.3 is 0 Å². The van der Waals surface area contributed by atoms with Crippen molar-refractivity contribution in [3.63, 3.8) is 0 Å². The molecule has 1 heterocycles. The highest BCUT2D eigenvalue weighted by Crippen LogP contribution is 2.09. The van der Waals surface area contributed by atoms with Gasteiger partial charge in [0.05, 0.1) is 25.9 Å². The number of ether oxygens (including phenoxy) is 2. The zero-order chi connectivity index (χ0) is 6.69. The van der Waals surface area contributed by atoms with Gasteiger partial charge < -0.3 is 9.47 Å². The van der Waals surface area contributed by atoms with E-state index in [2.05, 4.69) is 13.8 Å². The molecule has 2 unspecified atom stereocenters. The Kier molecular flexibility index (Phi) is 2.49. The monoisotopic (exact) mass is 130 g/mol. The lowest BCUT2D eigenvalue weighted by molar-refractivity contribution is 0.0494. The minimum Gasteiger partial charge on any atom is -0.379 e.